The average Bonchev–Trinajstić information content (AvgIpc) is 3.29. The molecule has 0 spiro atoms. The Morgan fingerprint density at radius 1 is 1.15 bits per heavy atom. The first-order valence-corrected chi connectivity index (χ1v) is 10.4. The van der Waals surface area contributed by atoms with Crippen LogP contribution < -0.4 is 10.1 Å². The number of urea groups is 1. The van der Waals surface area contributed by atoms with Crippen LogP contribution in [0.2, 0.25) is 0 Å². The van der Waals surface area contributed by atoms with Gasteiger partial charge in [0.15, 0.2) is 11.6 Å². The molecule has 1 N–H and O–H groups in total. The molecule has 8 nitrogen and oxygen atoms in total. The highest BCUT2D eigenvalue weighted by atomic mass is 19.1. The van der Waals surface area contributed by atoms with Gasteiger partial charge >= 0.3 is 6.03 Å². The maximum atomic E-state index is 14.2. The van der Waals surface area contributed by atoms with E-state index < -0.39 is 11.9 Å². The number of hydrogen-bond donors (Lipinski definition) is 1. The lowest BCUT2D eigenvalue weighted by atomic mass is 9.94. The number of amides is 2. The van der Waals surface area contributed by atoms with Gasteiger partial charge in [-0.15, -0.1) is 0 Å². The van der Waals surface area contributed by atoms with Crippen LogP contribution >= 0.6 is 0 Å². The first-order chi connectivity index (χ1) is 15.9. The molecule has 0 saturated heterocycles. The lowest BCUT2D eigenvalue weighted by molar-refractivity contribution is 0.158. The van der Waals surface area contributed by atoms with Gasteiger partial charge in [-0.3, -0.25) is 4.90 Å². The summed E-state index contributed by atoms with van der Waals surface area (Å²) in [5.41, 5.74) is 3.78. The van der Waals surface area contributed by atoms with E-state index in [0.29, 0.717) is 30.0 Å². The molecule has 0 aliphatic carbocycles. The van der Waals surface area contributed by atoms with Crippen molar-refractivity contribution in [2.24, 2.45) is 0 Å². The largest absolute Gasteiger partial charge is 0.494 e. The summed E-state index contributed by atoms with van der Waals surface area (Å²) in [4.78, 5) is 19.0. The summed E-state index contributed by atoms with van der Waals surface area (Å²) in [5.74, 6) is 0.0794. The molecule has 1 atom stereocenters. The van der Waals surface area contributed by atoms with Crippen molar-refractivity contribution in [1.82, 2.24) is 20.4 Å². The molecule has 0 fully saturated rings. The quantitative estimate of drug-likeness (QED) is 0.574. The molecule has 1 aliphatic heterocycles. The van der Waals surface area contributed by atoms with Crippen LogP contribution in [-0.4, -0.2) is 48.4 Å². The monoisotopic (exact) mass is 452 g/mol. The molecule has 33 heavy (non-hydrogen) atoms. The van der Waals surface area contributed by atoms with E-state index in [-0.39, 0.29) is 23.5 Å². The minimum Gasteiger partial charge on any atom is -0.494 e. The number of halogens is 1. The number of ether oxygens (including phenoxy) is 2. The Labute approximate surface area is 191 Å². The maximum Gasteiger partial charge on any atom is 0.322 e. The number of aromatic nitrogens is 2. The van der Waals surface area contributed by atoms with E-state index >= 15 is 0 Å². The van der Waals surface area contributed by atoms with Gasteiger partial charge in [-0.05, 0) is 37.6 Å². The Kier molecular flexibility index (Phi) is 6.41. The third-order valence-electron chi connectivity index (χ3n) is 5.59. The summed E-state index contributed by atoms with van der Waals surface area (Å²) in [7, 11) is 2.98. The summed E-state index contributed by atoms with van der Waals surface area (Å²) in [6.07, 6.45) is 0. The fraction of sp³-hybridized carbons (Fsp3) is 0.292. The van der Waals surface area contributed by atoms with Crippen LogP contribution in [0, 0.1) is 12.7 Å². The van der Waals surface area contributed by atoms with E-state index in [0.717, 1.165) is 11.1 Å². The highest BCUT2D eigenvalue weighted by Gasteiger charge is 2.35. The lowest BCUT2D eigenvalue weighted by Crippen LogP contribution is -2.47. The van der Waals surface area contributed by atoms with Gasteiger partial charge in [0.1, 0.15) is 0 Å². The molecule has 1 unspecified atom stereocenters. The highest BCUT2D eigenvalue weighted by Crippen LogP contribution is 2.37. The molecule has 1 aromatic heterocycles. The van der Waals surface area contributed by atoms with Crippen LogP contribution in [0.15, 0.2) is 52.7 Å². The van der Waals surface area contributed by atoms with Crippen molar-refractivity contribution in [3.63, 3.8) is 0 Å². The molecule has 2 aromatic carbocycles. The highest BCUT2D eigenvalue weighted by molar-refractivity contribution is 5.86. The first kappa shape index (κ1) is 22.5. The van der Waals surface area contributed by atoms with Crippen molar-refractivity contribution in [1.29, 1.82) is 0 Å². The van der Waals surface area contributed by atoms with Crippen molar-refractivity contribution in [2.75, 3.05) is 27.4 Å². The molecule has 1 aliphatic rings. The Bertz CT molecular complexity index is 1190. The molecule has 2 amide bonds. The number of hydrogen-bond acceptors (Lipinski definition) is 6. The van der Waals surface area contributed by atoms with Crippen molar-refractivity contribution in [3.05, 3.63) is 71.0 Å². The zero-order chi connectivity index (χ0) is 23.5. The van der Waals surface area contributed by atoms with Gasteiger partial charge in [0.2, 0.25) is 5.82 Å². The number of nitrogens with one attached hydrogen (secondary N) is 1. The number of carbonyl (C=O) groups is 1. The van der Waals surface area contributed by atoms with E-state index in [4.69, 9.17) is 14.0 Å². The van der Waals surface area contributed by atoms with E-state index in [1.807, 2.05) is 38.1 Å². The Morgan fingerprint density at radius 2 is 1.91 bits per heavy atom. The second-order valence-corrected chi connectivity index (χ2v) is 7.71. The summed E-state index contributed by atoms with van der Waals surface area (Å²) in [5, 5.41) is 7.09. The van der Waals surface area contributed by atoms with Gasteiger partial charge < -0.3 is 19.3 Å². The number of carbonyl (C=O) groups excluding carboxylic acids is 1. The topological polar surface area (TPSA) is 89.7 Å². The standard InChI is InChI=1S/C24H25FN4O4/c1-14-5-7-16(8-6-14)21-20(15(2)29(11-12-31-3)24(30)26-21)23-27-22(28-33-23)17-9-10-19(32-4)18(25)13-17/h5-10,13,21H,11-12H2,1-4H3,(H,26,30). The van der Waals surface area contributed by atoms with Crippen LogP contribution in [0.25, 0.3) is 17.0 Å². The van der Waals surface area contributed by atoms with E-state index in [1.54, 1.807) is 18.1 Å². The molecule has 172 valence electrons. The zero-order valence-electron chi connectivity index (χ0n) is 18.9. The molecule has 3 aromatic rings. The maximum absolute atomic E-state index is 14.2. The summed E-state index contributed by atoms with van der Waals surface area (Å²) in [6.45, 7) is 4.56. The molecular formula is C24H25FN4O4. The van der Waals surface area contributed by atoms with E-state index in [9.17, 15) is 9.18 Å². The summed E-state index contributed by atoms with van der Waals surface area (Å²) < 4.78 is 29.9. The third-order valence-corrected chi connectivity index (χ3v) is 5.59. The second kappa shape index (κ2) is 9.41. The predicted molar refractivity (Wildman–Crippen MR) is 120 cm³/mol. The number of aryl methyl sites for hydroxylation is 1. The fourth-order valence-electron chi connectivity index (χ4n) is 3.77. The number of benzene rings is 2. The Hall–Kier alpha value is -3.72. The van der Waals surface area contributed by atoms with Crippen LogP contribution in [0.3, 0.4) is 0 Å². The minimum atomic E-state index is -0.523. The molecule has 0 bridgehead atoms. The van der Waals surface area contributed by atoms with Crippen LogP contribution in [0.5, 0.6) is 5.75 Å². The molecular weight excluding hydrogens is 427 g/mol. The van der Waals surface area contributed by atoms with Gasteiger partial charge in [-0.2, -0.15) is 4.98 Å². The molecule has 0 saturated carbocycles. The zero-order valence-corrected chi connectivity index (χ0v) is 18.9. The van der Waals surface area contributed by atoms with Crippen molar-refractivity contribution in [3.8, 4) is 17.1 Å². The lowest BCUT2D eigenvalue weighted by Gasteiger charge is -2.35. The fourth-order valence-corrected chi connectivity index (χ4v) is 3.77. The number of nitrogens with zero attached hydrogens (tertiary/aromatic N) is 3. The number of methoxy groups -OCH3 is 2. The van der Waals surface area contributed by atoms with E-state index in [1.165, 1.54) is 19.2 Å². The van der Waals surface area contributed by atoms with Crippen molar-refractivity contribution < 1.29 is 23.2 Å². The van der Waals surface area contributed by atoms with Crippen molar-refractivity contribution in [2.45, 2.75) is 19.9 Å². The van der Waals surface area contributed by atoms with Gasteiger partial charge in [0, 0.05) is 18.4 Å². The van der Waals surface area contributed by atoms with Crippen molar-refractivity contribution >= 4 is 11.6 Å². The van der Waals surface area contributed by atoms with E-state index in [2.05, 4.69) is 15.5 Å². The summed E-state index contributed by atoms with van der Waals surface area (Å²) >= 11 is 0. The van der Waals surface area contributed by atoms with Crippen LogP contribution in [0.1, 0.15) is 30.0 Å². The van der Waals surface area contributed by atoms with Gasteiger partial charge in [0.25, 0.3) is 5.89 Å². The Balaban J connectivity index is 1.78. The van der Waals surface area contributed by atoms with Gasteiger partial charge in [0.05, 0.1) is 31.9 Å². The Morgan fingerprint density at radius 3 is 2.58 bits per heavy atom. The molecule has 0 radical (unpaired) electrons. The van der Waals surface area contributed by atoms with Gasteiger partial charge in [-0.25, -0.2) is 9.18 Å². The minimum absolute atomic E-state index is 0.129. The molecule has 9 heteroatoms. The normalized spacial score (nSPS) is 16.2. The van der Waals surface area contributed by atoms with Gasteiger partial charge in [-0.1, -0.05) is 35.0 Å². The average molecular weight is 452 g/mol. The smallest absolute Gasteiger partial charge is 0.322 e. The third kappa shape index (κ3) is 4.45. The SMILES string of the molecule is COCCN1C(=O)NC(c2ccc(C)cc2)C(c2nc(-c3ccc(OC)c(F)c3)no2)=C1C. The number of allylic oxidation sites excluding steroid dienone is 1. The number of rotatable bonds is 7. The van der Waals surface area contributed by atoms with Crippen LogP contribution in [0.4, 0.5) is 9.18 Å². The summed E-state index contributed by atoms with van der Waals surface area (Å²) in [6, 6.07) is 11.6. The predicted octanol–water partition coefficient (Wildman–Crippen LogP) is 4.34. The van der Waals surface area contributed by atoms with Crippen LogP contribution in [-0.2, 0) is 4.74 Å². The molecule has 2 heterocycles. The molecule has 4 rings (SSSR count). The first-order valence-electron chi connectivity index (χ1n) is 10.4. The second-order valence-electron chi connectivity index (χ2n) is 7.71.